The lowest BCUT2D eigenvalue weighted by atomic mass is 10.1. The van der Waals surface area contributed by atoms with Crippen LogP contribution in [0.4, 0.5) is 11.6 Å². The number of nitrogens with one attached hydrogen (secondary N) is 2. The summed E-state index contributed by atoms with van der Waals surface area (Å²) in [6, 6.07) is 16.1. The van der Waals surface area contributed by atoms with Gasteiger partial charge < -0.3 is 24.8 Å². The Morgan fingerprint density at radius 3 is 2.89 bits per heavy atom. The van der Waals surface area contributed by atoms with Crippen LogP contribution in [0.3, 0.4) is 0 Å². The quantitative estimate of drug-likeness (QED) is 0.534. The van der Waals surface area contributed by atoms with E-state index < -0.39 is 0 Å². The van der Waals surface area contributed by atoms with Crippen LogP contribution in [0.25, 0.3) is 11.3 Å². The van der Waals surface area contributed by atoms with Crippen LogP contribution in [0.5, 0.6) is 11.5 Å². The monoisotopic (exact) mass is 487 g/mol. The van der Waals surface area contributed by atoms with Crippen LogP contribution < -0.4 is 20.1 Å². The molecule has 0 saturated carbocycles. The molecule has 0 unspecified atom stereocenters. The third-order valence-electron chi connectivity index (χ3n) is 6.17. The lowest BCUT2D eigenvalue weighted by Gasteiger charge is -2.26. The first kappa shape index (κ1) is 24.2. The fraction of sp³-hybridized carbons (Fsp3) is 0.357. The van der Waals surface area contributed by atoms with E-state index in [1.54, 1.807) is 6.20 Å². The van der Waals surface area contributed by atoms with Gasteiger partial charge in [0.2, 0.25) is 5.95 Å². The van der Waals surface area contributed by atoms with Crippen molar-refractivity contribution >= 4 is 11.6 Å². The third kappa shape index (κ3) is 6.81. The maximum atomic E-state index is 6.21. The molecule has 0 spiro atoms. The molecule has 0 amide bonds. The number of morpholine rings is 1. The highest BCUT2D eigenvalue weighted by atomic mass is 16.5. The third-order valence-corrected chi connectivity index (χ3v) is 6.17. The van der Waals surface area contributed by atoms with Gasteiger partial charge in [0.15, 0.2) is 0 Å². The van der Waals surface area contributed by atoms with Gasteiger partial charge in [0.25, 0.3) is 0 Å². The molecule has 0 aliphatic carbocycles. The first-order valence-corrected chi connectivity index (χ1v) is 12.6. The summed E-state index contributed by atoms with van der Waals surface area (Å²) in [5.41, 5.74) is 3.83. The van der Waals surface area contributed by atoms with Crippen molar-refractivity contribution in [3.8, 4) is 22.8 Å². The molecule has 1 fully saturated rings. The molecule has 2 aromatic carbocycles. The number of hydrogen-bond donors (Lipinski definition) is 2. The van der Waals surface area contributed by atoms with Gasteiger partial charge in [0.05, 0.1) is 25.5 Å². The summed E-state index contributed by atoms with van der Waals surface area (Å²) in [7, 11) is 0. The van der Waals surface area contributed by atoms with Gasteiger partial charge in [-0.1, -0.05) is 24.3 Å². The number of anilines is 2. The lowest BCUT2D eigenvalue weighted by Crippen LogP contribution is -2.38. The largest absolute Gasteiger partial charge is 0.493 e. The second-order valence-electron chi connectivity index (χ2n) is 8.78. The van der Waals surface area contributed by atoms with Crippen LogP contribution in [0, 0.1) is 0 Å². The first-order valence-electron chi connectivity index (χ1n) is 12.6. The molecule has 0 atom stereocenters. The van der Waals surface area contributed by atoms with Gasteiger partial charge >= 0.3 is 0 Å². The summed E-state index contributed by atoms with van der Waals surface area (Å²) >= 11 is 0. The average molecular weight is 488 g/mol. The zero-order valence-electron chi connectivity index (χ0n) is 20.5. The zero-order chi connectivity index (χ0) is 24.4. The van der Waals surface area contributed by atoms with Crippen molar-refractivity contribution < 1.29 is 14.2 Å². The Balaban J connectivity index is 1.35. The summed E-state index contributed by atoms with van der Waals surface area (Å²) in [4.78, 5) is 11.5. The van der Waals surface area contributed by atoms with Gasteiger partial charge in [-0.15, -0.1) is 0 Å². The van der Waals surface area contributed by atoms with Crippen LogP contribution in [0.2, 0.25) is 0 Å². The zero-order valence-corrected chi connectivity index (χ0v) is 20.5. The van der Waals surface area contributed by atoms with Crippen LogP contribution in [-0.2, 0) is 11.3 Å². The van der Waals surface area contributed by atoms with Crippen molar-refractivity contribution in [1.29, 1.82) is 0 Å². The van der Waals surface area contributed by atoms with Crippen molar-refractivity contribution in [2.75, 3.05) is 57.9 Å². The van der Waals surface area contributed by atoms with E-state index in [4.69, 9.17) is 19.2 Å². The number of rotatable bonds is 4. The number of ether oxygens (including phenoxy) is 3. The number of fused-ring (bicyclic) bond motifs is 7. The molecule has 8 heteroatoms. The molecule has 36 heavy (non-hydrogen) atoms. The SMILES string of the molecule is C1=C/CNCc2cc(ccc2OCCN2CCOCC2)Nc2nccc(n2)-c2cccc(c2)OCC/1. The Morgan fingerprint density at radius 2 is 1.94 bits per heavy atom. The predicted octanol–water partition coefficient (Wildman–Crippen LogP) is 4.03. The minimum absolute atomic E-state index is 0.544. The fourth-order valence-corrected chi connectivity index (χ4v) is 4.24. The highest BCUT2D eigenvalue weighted by Gasteiger charge is 2.12. The fourth-order valence-electron chi connectivity index (χ4n) is 4.24. The number of nitrogens with zero attached hydrogens (tertiary/aromatic N) is 3. The molecule has 8 nitrogen and oxygen atoms in total. The molecule has 5 rings (SSSR count). The van der Waals surface area contributed by atoms with Crippen LogP contribution in [0.1, 0.15) is 12.0 Å². The van der Waals surface area contributed by atoms with Gasteiger partial charge in [-0.05, 0) is 42.8 Å². The highest BCUT2D eigenvalue weighted by molar-refractivity contribution is 5.64. The van der Waals surface area contributed by atoms with E-state index in [2.05, 4.69) is 38.7 Å². The highest BCUT2D eigenvalue weighted by Crippen LogP contribution is 2.27. The van der Waals surface area contributed by atoms with E-state index in [0.717, 1.165) is 79.8 Å². The van der Waals surface area contributed by atoms with Crippen LogP contribution in [0.15, 0.2) is 66.9 Å². The second kappa shape index (κ2) is 12.5. The molecule has 3 heterocycles. The van der Waals surface area contributed by atoms with E-state index in [1.807, 2.05) is 42.5 Å². The molecule has 3 aromatic rings. The topological polar surface area (TPSA) is 80.8 Å². The van der Waals surface area contributed by atoms with E-state index in [9.17, 15) is 0 Å². The second-order valence-corrected chi connectivity index (χ2v) is 8.78. The van der Waals surface area contributed by atoms with E-state index in [1.165, 1.54) is 0 Å². The summed E-state index contributed by atoms with van der Waals surface area (Å²) in [6.45, 7) is 7.13. The van der Waals surface area contributed by atoms with Crippen molar-refractivity contribution in [3.05, 3.63) is 72.4 Å². The van der Waals surface area contributed by atoms with Crippen molar-refractivity contribution in [2.45, 2.75) is 13.0 Å². The van der Waals surface area contributed by atoms with Crippen LogP contribution in [-0.4, -0.2) is 67.5 Å². The maximum Gasteiger partial charge on any atom is 0.227 e. The molecule has 188 valence electrons. The standard InChI is InChI=1S/C28H33N5O3/c1-2-10-29-21-23-19-24(7-8-27(23)36-18-14-33-12-16-34-17-13-33)31-28-30-11-9-26(32-28)22-5-4-6-25(20-22)35-15-3-1/h1-2,4-9,11,19-20,29H,3,10,12-18,21H2,(H,30,31,32)/b2-1+. The lowest BCUT2D eigenvalue weighted by molar-refractivity contribution is 0.0322. The van der Waals surface area contributed by atoms with Crippen molar-refractivity contribution in [2.24, 2.45) is 0 Å². The van der Waals surface area contributed by atoms with E-state index in [0.29, 0.717) is 25.7 Å². The van der Waals surface area contributed by atoms with Gasteiger partial charge in [-0.2, -0.15) is 0 Å². The Hall–Kier alpha value is -3.46. The maximum absolute atomic E-state index is 6.21. The molecule has 1 saturated heterocycles. The predicted molar refractivity (Wildman–Crippen MR) is 141 cm³/mol. The molecule has 2 N–H and O–H groups in total. The summed E-state index contributed by atoms with van der Waals surface area (Å²) in [6.07, 6.45) is 6.91. The Bertz CT molecular complexity index is 1160. The average Bonchev–Trinajstić information content (AvgIpc) is 2.92. The normalized spacial score (nSPS) is 17.7. The van der Waals surface area contributed by atoms with Gasteiger partial charge in [-0.3, -0.25) is 4.90 Å². The summed E-state index contributed by atoms with van der Waals surface area (Å²) < 4.78 is 17.6. The Morgan fingerprint density at radius 1 is 1.00 bits per heavy atom. The number of benzene rings is 2. The van der Waals surface area contributed by atoms with Crippen molar-refractivity contribution in [3.63, 3.8) is 0 Å². The number of aromatic nitrogens is 2. The Labute approximate surface area is 212 Å². The number of hydrogen-bond acceptors (Lipinski definition) is 8. The minimum Gasteiger partial charge on any atom is -0.493 e. The molecule has 2 aliphatic rings. The first-order chi connectivity index (χ1) is 17.8. The van der Waals surface area contributed by atoms with Gasteiger partial charge in [-0.25, -0.2) is 9.97 Å². The summed E-state index contributed by atoms with van der Waals surface area (Å²) in [5.74, 6) is 2.27. The van der Waals surface area contributed by atoms with Gasteiger partial charge in [0, 0.05) is 55.7 Å². The molecule has 1 aromatic heterocycles. The van der Waals surface area contributed by atoms with Crippen molar-refractivity contribution in [1.82, 2.24) is 20.2 Å². The van der Waals surface area contributed by atoms with Crippen LogP contribution >= 0.6 is 0 Å². The summed E-state index contributed by atoms with van der Waals surface area (Å²) in [5, 5.41) is 6.85. The molecule has 0 radical (unpaired) electrons. The Kier molecular flexibility index (Phi) is 8.41. The van der Waals surface area contributed by atoms with E-state index in [-0.39, 0.29) is 0 Å². The molecular weight excluding hydrogens is 454 g/mol. The smallest absolute Gasteiger partial charge is 0.227 e. The van der Waals surface area contributed by atoms with Gasteiger partial charge in [0.1, 0.15) is 18.1 Å². The molecule has 6 bridgehead atoms. The molecular formula is C28H33N5O3. The molecule has 2 aliphatic heterocycles. The van der Waals surface area contributed by atoms with E-state index >= 15 is 0 Å². The minimum atomic E-state index is 0.544.